The Hall–Kier alpha value is -3.43. The first-order chi connectivity index (χ1) is 20.0. The highest BCUT2D eigenvalue weighted by Gasteiger charge is 2.24. The summed E-state index contributed by atoms with van der Waals surface area (Å²) in [7, 11) is 0. The first-order valence-corrected chi connectivity index (χ1v) is 14.4. The Bertz CT molecular complexity index is 1560. The van der Waals surface area contributed by atoms with Gasteiger partial charge in [0.25, 0.3) is 5.91 Å². The van der Waals surface area contributed by atoms with Gasteiger partial charge in [-0.05, 0) is 56.6 Å². The van der Waals surface area contributed by atoms with E-state index >= 15 is 0 Å². The van der Waals surface area contributed by atoms with Gasteiger partial charge < -0.3 is 19.7 Å². The first kappa shape index (κ1) is 32.5. The molecule has 0 aliphatic carbocycles. The second-order valence-corrected chi connectivity index (χ2v) is 10.8. The van der Waals surface area contributed by atoms with Crippen LogP contribution in [0.5, 0.6) is 11.5 Å². The number of nitrogens with one attached hydrogen (secondary N) is 1. The van der Waals surface area contributed by atoms with Crippen LogP contribution in [0.1, 0.15) is 28.2 Å². The molecule has 228 valence electrons. The van der Waals surface area contributed by atoms with E-state index in [0.29, 0.717) is 29.6 Å². The van der Waals surface area contributed by atoms with E-state index in [-0.39, 0.29) is 37.5 Å². The Morgan fingerprint density at radius 3 is 2.44 bits per heavy atom. The van der Waals surface area contributed by atoms with Crippen LogP contribution < -0.4 is 19.7 Å². The number of hydrogen-bond donors (Lipinski definition) is 1. The third kappa shape index (κ3) is 6.88. The van der Waals surface area contributed by atoms with E-state index < -0.39 is 0 Å². The van der Waals surface area contributed by atoms with Gasteiger partial charge in [-0.25, -0.2) is 4.98 Å². The Morgan fingerprint density at radius 2 is 1.67 bits per heavy atom. The van der Waals surface area contributed by atoms with Crippen molar-refractivity contribution >= 4 is 48.0 Å². The summed E-state index contributed by atoms with van der Waals surface area (Å²) in [6, 6.07) is 21.8. The molecule has 1 aromatic heterocycles. The van der Waals surface area contributed by atoms with Crippen molar-refractivity contribution in [2.75, 3.05) is 51.0 Å². The Balaban J connectivity index is 0.00000212. The molecule has 6 rings (SSSR count). The Morgan fingerprint density at radius 1 is 0.930 bits per heavy atom. The molecule has 0 radical (unpaired) electrons. The molecular formula is C32H36Cl3N5O3. The van der Waals surface area contributed by atoms with E-state index in [2.05, 4.69) is 28.1 Å². The van der Waals surface area contributed by atoms with E-state index in [1.807, 2.05) is 72.2 Å². The molecule has 43 heavy (non-hydrogen) atoms. The molecule has 0 spiro atoms. The number of halogens is 3. The molecule has 11 heteroatoms. The van der Waals surface area contributed by atoms with E-state index in [1.165, 1.54) is 5.69 Å². The number of fused-ring (bicyclic) bond motifs is 1. The van der Waals surface area contributed by atoms with Gasteiger partial charge in [-0.2, -0.15) is 0 Å². The molecule has 8 nitrogen and oxygen atoms in total. The number of rotatable bonds is 8. The molecule has 2 aliphatic heterocycles. The lowest BCUT2D eigenvalue weighted by Crippen LogP contribution is -2.47. The predicted molar refractivity (Wildman–Crippen MR) is 176 cm³/mol. The predicted octanol–water partition coefficient (Wildman–Crippen LogP) is 6.32. The lowest BCUT2D eigenvalue weighted by molar-refractivity contribution is 0.0946. The van der Waals surface area contributed by atoms with Crippen molar-refractivity contribution in [3.63, 3.8) is 0 Å². The van der Waals surface area contributed by atoms with Crippen LogP contribution in [0, 0.1) is 13.8 Å². The minimum atomic E-state index is -0.166. The molecule has 4 aromatic rings. The fraction of sp³-hybridized carbons (Fsp3) is 0.312. The zero-order valence-electron chi connectivity index (χ0n) is 24.2. The van der Waals surface area contributed by atoms with Gasteiger partial charge in [-0.3, -0.25) is 14.3 Å². The summed E-state index contributed by atoms with van der Waals surface area (Å²) in [6.07, 6.45) is 0.870. The average Bonchev–Trinajstić information content (AvgIpc) is 3.61. The number of ether oxygens (including phenoxy) is 2. The number of carbonyl (C=O) groups is 1. The number of hydrogen-bond acceptors (Lipinski definition) is 6. The van der Waals surface area contributed by atoms with Crippen LogP contribution in [0.15, 0.2) is 66.7 Å². The van der Waals surface area contributed by atoms with Gasteiger partial charge in [0.1, 0.15) is 11.5 Å². The van der Waals surface area contributed by atoms with Crippen molar-refractivity contribution in [2.24, 2.45) is 0 Å². The molecule has 3 heterocycles. The second-order valence-electron chi connectivity index (χ2n) is 10.4. The van der Waals surface area contributed by atoms with E-state index in [9.17, 15) is 4.79 Å². The summed E-state index contributed by atoms with van der Waals surface area (Å²) in [5.41, 5.74) is 5.34. The number of anilines is 1. The molecule has 1 fully saturated rings. The number of piperazine rings is 1. The third-order valence-corrected chi connectivity index (χ3v) is 8.27. The maximum Gasteiger partial charge on any atom is 0.271 e. The van der Waals surface area contributed by atoms with Gasteiger partial charge >= 0.3 is 0 Å². The second kappa shape index (κ2) is 14.4. The zero-order chi connectivity index (χ0) is 28.3. The SMILES string of the molecule is Cc1c(Cl)cccc1N1CCN(CCCNC(=O)c2nc(-c3ccccc3)n(-c3ccc4c(c3)OCO4)c2C)CC1.Cl.Cl. The Labute approximate surface area is 269 Å². The molecule has 0 bridgehead atoms. The summed E-state index contributed by atoms with van der Waals surface area (Å²) in [6.45, 7) is 9.64. The summed E-state index contributed by atoms with van der Waals surface area (Å²) in [5.74, 6) is 1.94. The fourth-order valence-corrected chi connectivity index (χ4v) is 5.75. The molecule has 1 N–H and O–H groups in total. The number of benzene rings is 3. The van der Waals surface area contributed by atoms with Gasteiger partial charge in [0.05, 0.1) is 11.4 Å². The van der Waals surface area contributed by atoms with Crippen LogP contribution in [0.25, 0.3) is 17.1 Å². The van der Waals surface area contributed by atoms with E-state index in [4.69, 9.17) is 26.1 Å². The summed E-state index contributed by atoms with van der Waals surface area (Å²) in [5, 5.41) is 3.91. The van der Waals surface area contributed by atoms with E-state index in [0.717, 1.165) is 66.7 Å². The molecule has 0 atom stereocenters. The summed E-state index contributed by atoms with van der Waals surface area (Å²) < 4.78 is 13.1. The van der Waals surface area contributed by atoms with Crippen LogP contribution in [-0.4, -0.2) is 66.4 Å². The average molecular weight is 645 g/mol. The minimum Gasteiger partial charge on any atom is -0.454 e. The maximum atomic E-state index is 13.3. The minimum absolute atomic E-state index is 0. The van der Waals surface area contributed by atoms with Crippen LogP contribution >= 0.6 is 36.4 Å². The molecule has 1 amide bonds. The van der Waals surface area contributed by atoms with Crippen molar-refractivity contribution in [1.29, 1.82) is 0 Å². The third-order valence-electron chi connectivity index (χ3n) is 7.86. The van der Waals surface area contributed by atoms with Gasteiger partial charge in [0.2, 0.25) is 6.79 Å². The van der Waals surface area contributed by atoms with Crippen molar-refractivity contribution in [2.45, 2.75) is 20.3 Å². The molecule has 0 unspecified atom stereocenters. The lowest BCUT2D eigenvalue weighted by atomic mass is 10.1. The van der Waals surface area contributed by atoms with E-state index in [1.54, 1.807) is 0 Å². The molecule has 3 aromatic carbocycles. The normalized spacial score (nSPS) is 14.2. The zero-order valence-corrected chi connectivity index (χ0v) is 26.6. The van der Waals surface area contributed by atoms with Gasteiger partial charge in [0, 0.05) is 55.1 Å². The largest absolute Gasteiger partial charge is 0.454 e. The number of aromatic nitrogens is 2. The Kier molecular flexibility index (Phi) is 10.8. The highest BCUT2D eigenvalue weighted by Crippen LogP contribution is 2.36. The van der Waals surface area contributed by atoms with Gasteiger partial charge in [-0.15, -0.1) is 24.8 Å². The summed E-state index contributed by atoms with van der Waals surface area (Å²) >= 11 is 6.33. The number of imidazole rings is 1. The quantitative estimate of drug-likeness (QED) is 0.226. The van der Waals surface area contributed by atoms with Crippen molar-refractivity contribution in [1.82, 2.24) is 19.8 Å². The number of carbonyl (C=O) groups excluding carboxylic acids is 1. The molecule has 2 aliphatic rings. The number of amides is 1. The smallest absolute Gasteiger partial charge is 0.271 e. The van der Waals surface area contributed by atoms with Crippen molar-refractivity contribution in [3.05, 3.63) is 88.7 Å². The highest BCUT2D eigenvalue weighted by atomic mass is 35.5. The van der Waals surface area contributed by atoms with Gasteiger partial charge in [0.15, 0.2) is 11.5 Å². The molecule has 1 saturated heterocycles. The number of nitrogens with zero attached hydrogens (tertiary/aromatic N) is 4. The molecular weight excluding hydrogens is 609 g/mol. The van der Waals surface area contributed by atoms with Gasteiger partial charge in [-0.1, -0.05) is 48.0 Å². The highest BCUT2D eigenvalue weighted by molar-refractivity contribution is 6.31. The lowest BCUT2D eigenvalue weighted by Gasteiger charge is -2.37. The van der Waals surface area contributed by atoms with Crippen LogP contribution in [0.2, 0.25) is 5.02 Å². The molecule has 0 saturated carbocycles. The summed E-state index contributed by atoms with van der Waals surface area (Å²) in [4.78, 5) is 23.0. The van der Waals surface area contributed by atoms with Crippen LogP contribution in [0.3, 0.4) is 0 Å². The monoisotopic (exact) mass is 643 g/mol. The van der Waals surface area contributed by atoms with Crippen LogP contribution in [-0.2, 0) is 0 Å². The van der Waals surface area contributed by atoms with Crippen LogP contribution in [0.4, 0.5) is 5.69 Å². The fourth-order valence-electron chi connectivity index (χ4n) is 5.58. The topological polar surface area (TPSA) is 71.9 Å². The van der Waals surface area contributed by atoms with Crippen molar-refractivity contribution in [3.8, 4) is 28.6 Å². The first-order valence-electron chi connectivity index (χ1n) is 14.0. The van der Waals surface area contributed by atoms with Crippen molar-refractivity contribution < 1.29 is 14.3 Å². The maximum absolute atomic E-state index is 13.3. The standard InChI is InChI=1S/C32H34ClN5O3.2ClH/c1-22-26(33)10-6-11-27(22)37-18-16-36(17-19-37)15-7-14-34-32(39)30-23(2)38(31(35-30)24-8-4-3-5-9-24)25-12-13-28-29(20-25)41-21-40-28;;/h3-6,8-13,20H,7,14-19,21H2,1-2H3,(H,34,39);2*1H.